The number of nitrogens with zero attached hydrogens (tertiary/aromatic N) is 2. The molecule has 0 aliphatic carbocycles. The van der Waals surface area contributed by atoms with Crippen LogP contribution in [0.5, 0.6) is 5.75 Å². The number of ether oxygens (including phenoxy) is 1. The van der Waals surface area contributed by atoms with Gasteiger partial charge >= 0.3 is 0 Å². The summed E-state index contributed by atoms with van der Waals surface area (Å²) < 4.78 is 5.78. The van der Waals surface area contributed by atoms with E-state index in [0.29, 0.717) is 6.54 Å². The lowest BCUT2D eigenvalue weighted by molar-refractivity contribution is 0.0662. The number of aliphatic hydroxyl groups excluding tert-OH is 1. The SMILES string of the molecule is Cc1ccc(Cl)cc1N1CCN(C[C@H](O)COc2cc(C)c(Cl)c(C)c2)CC1. The van der Waals surface area contributed by atoms with Crippen LogP contribution in [-0.4, -0.2) is 55.4 Å². The Balaban J connectivity index is 1.47. The maximum atomic E-state index is 10.4. The van der Waals surface area contributed by atoms with Crippen LogP contribution in [0.15, 0.2) is 30.3 Å². The van der Waals surface area contributed by atoms with Gasteiger partial charge in [-0.15, -0.1) is 0 Å². The van der Waals surface area contributed by atoms with Crippen molar-refractivity contribution in [2.75, 3.05) is 44.2 Å². The molecule has 1 heterocycles. The van der Waals surface area contributed by atoms with Gasteiger partial charge in [-0.05, 0) is 61.7 Å². The molecule has 1 saturated heterocycles. The molecule has 0 spiro atoms. The molecule has 0 aromatic heterocycles. The molecule has 3 rings (SSSR count). The van der Waals surface area contributed by atoms with E-state index in [0.717, 1.165) is 53.1 Å². The number of piperazine rings is 1. The van der Waals surface area contributed by atoms with Crippen LogP contribution in [0.3, 0.4) is 0 Å². The van der Waals surface area contributed by atoms with E-state index in [-0.39, 0.29) is 6.61 Å². The minimum atomic E-state index is -0.532. The average Bonchev–Trinajstić information content (AvgIpc) is 2.67. The zero-order chi connectivity index (χ0) is 20.3. The Labute approximate surface area is 177 Å². The largest absolute Gasteiger partial charge is 0.491 e. The van der Waals surface area contributed by atoms with Gasteiger partial charge in [-0.2, -0.15) is 0 Å². The summed E-state index contributed by atoms with van der Waals surface area (Å²) in [5.74, 6) is 0.750. The highest BCUT2D eigenvalue weighted by molar-refractivity contribution is 6.32. The zero-order valence-electron chi connectivity index (χ0n) is 16.7. The molecule has 0 saturated carbocycles. The minimum absolute atomic E-state index is 0.272. The van der Waals surface area contributed by atoms with Gasteiger partial charge in [0.05, 0.1) is 0 Å². The Kier molecular flexibility index (Phi) is 7.10. The molecule has 1 aliphatic heterocycles. The summed E-state index contributed by atoms with van der Waals surface area (Å²) in [6, 6.07) is 9.84. The first-order valence-electron chi connectivity index (χ1n) is 9.64. The van der Waals surface area contributed by atoms with Crippen molar-refractivity contribution in [2.24, 2.45) is 0 Å². The highest BCUT2D eigenvalue weighted by Gasteiger charge is 2.21. The first-order chi connectivity index (χ1) is 13.3. The van der Waals surface area contributed by atoms with Crippen LogP contribution in [0, 0.1) is 20.8 Å². The third kappa shape index (κ3) is 5.32. The predicted molar refractivity (Wildman–Crippen MR) is 117 cm³/mol. The van der Waals surface area contributed by atoms with Crippen molar-refractivity contribution < 1.29 is 9.84 Å². The molecule has 2 aromatic carbocycles. The number of aryl methyl sites for hydroxylation is 3. The third-order valence-corrected chi connectivity index (χ3v) is 6.04. The Hall–Kier alpha value is -1.46. The summed E-state index contributed by atoms with van der Waals surface area (Å²) in [5.41, 5.74) is 4.40. The Morgan fingerprint density at radius 1 is 0.964 bits per heavy atom. The third-order valence-electron chi connectivity index (χ3n) is 5.21. The molecule has 28 heavy (non-hydrogen) atoms. The van der Waals surface area contributed by atoms with E-state index in [1.54, 1.807) is 0 Å². The fourth-order valence-electron chi connectivity index (χ4n) is 3.63. The first kappa shape index (κ1) is 21.3. The summed E-state index contributed by atoms with van der Waals surface area (Å²) >= 11 is 12.3. The second-order valence-corrected chi connectivity index (χ2v) is 8.37. The van der Waals surface area contributed by atoms with E-state index in [1.165, 1.54) is 11.3 Å². The maximum Gasteiger partial charge on any atom is 0.120 e. The van der Waals surface area contributed by atoms with Crippen LogP contribution in [-0.2, 0) is 0 Å². The van der Waals surface area contributed by atoms with Gasteiger partial charge in [0.25, 0.3) is 0 Å². The van der Waals surface area contributed by atoms with E-state index >= 15 is 0 Å². The van der Waals surface area contributed by atoms with E-state index < -0.39 is 6.10 Å². The first-order valence-corrected chi connectivity index (χ1v) is 10.4. The van der Waals surface area contributed by atoms with Crippen molar-refractivity contribution in [3.05, 3.63) is 57.1 Å². The molecule has 0 radical (unpaired) electrons. The van der Waals surface area contributed by atoms with Crippen molar-refractivity contribution in [2.45, 2.75) is 26.9 Å². The molecule has 1 fully saturated rings. The molecule has 1 N–H and O–H groups in total. The van der Waals surface area contributed by atoms with E-state index in [1.807, 2.05) is 38.1 Å². The lowest BCUT2D eigenvalue weighted by Crippen LogP contribution is -2.49. The standard InChI is InChI=1S/C22H28Cl2N2O2/c1-15-4-5-18(23)12-21(15)26-8-6-25(7-9-26)13-19(27)14-28-20-10-16(2)22(24)17(3)11-20/h4-5,10-12,19,27H,6-9,13-14H2,1-3H3/t19-/m0/s1. The molecule has 1 aliphatic rings. The summed E-state index contributed by atoms with van der Waals surface area (Å²) in [4.78, 5) is 4.64. The molecule has 1 atom stereocenters. The number of halogens is 2. The van der Waals surface area contributed by atoms with Gasteiger partial charge in [0.1, 0.15) is 18.5 Å². The summed E-state index contributed by atoms with van der Waals surface area (Å²) in [5, 5.41) is 11.9. The Morgan fingerprint density at radius 3 is 2.25 bits per heavy atom. The summed E-state index contributed by atoms with van der Waals surface area (Å²) in [6.45, 7) is 10.6. The fourth-order valence-corrected chi connectivity index (χ4v) is 3.90. The molecule has 6 heteroatoms. The Morgan fingerprint density at radius 2 is 1.61 bits per heavy atom. The van der Waals surface area contributed by atoms with Crippen molar-refractivity contribution in [3.8, 4) is 5.75 Å². The van der Waals surface area contributed by atoms with Gasteiger partial charge in [0, 0.05) is 48.5 Å². The average molecular weight is 423 g/mol. The topological polar surface area (TPSA) is 35.9 Å². The molecule has 0 amide bonds. The van der Waals surface area contributed by atoms with Crippen molar-refractivity contribution >= 4 is 28.9 Å². The number of anilines is 1. The maximum absolute atomic E-state index is 10.4. The Bertz CT molecular complexity index is 797. The smallest absolute Gasteiger partial charge is 0.120 e. The number of rotatable bonds is 6. The number of β-amino-alcohol motifs (C(OH)–C–C–N with tert-alkyl or cyclic N) is 1. The molecular weight excluding hydrogens is 395 g/mol. The molecule has 0 unspecified atom stereocenters. The zero-order valence-corrected chi connectivity index (χ0v) is 18.2. The van der Waals surface area contributed by atoms with Crippen molar-refractivity contribution in [3.63, 3.8) is 0 Å². The summed E-state index contributed by atoms with van der Waals surface area (Å²) in [7, 11) is 0. The second kappa shape index (κ2) is 9.36. The van der Waals surface area contributed by atoms with E-state index in [2.05, 4.69) is 22.8 Å². The monoisotopic (exact) mass is 422 g/mol. The number of hydrogen-bond acceptors (Lipinski definition) is 4. The highest BCUT2D eigenvalue weighted by Crippen LogP contribution is 2.27. The van der Waals surface area contributed by atoms with Gasteiger partial charge in [0.2, 0.25) is 0 Å². The van der Waals surface area contributed by atoms with Gasteiger partial charge in [-0.25, -0.2) is 0 Å². The predicted octanol–water partition coefficient (Wildman–Crippen LogP) is 4.48. The lowest BCUT2D eigenvalue weighted by atomic mass is 10.1. The van der Waals surface area contributed by atoms with Crippen LogP contribution < -0.4 is 9.64 Å². The van der Waals surface area contributed by atoms with E-state index in [4.69, 9.17) is 27.9 Å². The molecule has 2 aromatic rings. The van der Waals surface area contributed by atoms with Gasteiger partial charge < -0.3 is 14.7 Å². The number of aliphatic hydroxyl groups is 1. The summed E-state index contributed by atoms with van der Waals surface area (Å²) in [6.07, 6.45) is -0.532. The van der Waals surface area contributed by atoms with Gasteiger partial charge in [-0.1, -0.05) is 29.3 Å². The molecule has 0 bridgehead atoms. The minimum Gasteiger partial charge on any atom is -0.491 e. The van der Waals surface area contributed by atoms with Crippen LogP contribution in [0.4, 0.5) is 5.69 Å². The van der Waals surface area contributed by atoms with Crippen LogP contribution in [0.25, 0.3) is 0 Å². The normalized spacial score (nSPS) is 16.3. The van der Waals surface area contributed by atoms with E-state index in [9.17, 15) is 5.11 Å². The quantitative estimate of drug-likeness (QED) is 0.743. The second-order valence-electron chi connectivity index (χ2n) is 7.55. The number of benzene rings is 2. The van der Waals surface area contributed by atoms with Crippen molar-refractivity contribution in [1.82, 2.24) is 4.90 Å². The van der Waals surface area contributed by atoms with Gasteiger partial charge in [-0.3, -0.25) is 4.90 Å². The highest BCUT2D eigenvalue weighted by atomic mass is 35.5. The molecule has 152 valence electrons. The fraction of sp³-hybridized carbons (Fsp3) is 0.455. The number of hydrogen-bond donors (Lipinski definition) is 1. The molecular formula is C22H28Cl2N2O2. The lowest BCUT2D eigenvalue weighted by Gasteiger charge is -2.37. The van der Waals surface area contributed by atoms with Crippen LogP contribution in [0.1, 0.15) is 16.7 Å². The van der Waals surface area contributed by atoms with Crippen molar-refractivity contribution in [1.29, 1.82) is 0 Å². The van der Waals surface area contributed by atoms with Crippen LogP contribution >= 0.6 is 23.2 Å². The van der Waals surface area contributed by atoms with Gasteiger partial charge in [0.15, 0.2) is 0 Å². The molecule has 4 nitrogen and oxygen atoms in total. The van der Waals surface area contributed by atoms with Crippen LogP contribution in [0.2, 0.25) is 10.0 Å².